The lowest BCUT2D eigenvalue weighted by Gasteiger charge is -2.29. The van der Waals surface area contributed by atoms with Gasteiger partial charge in [-0.2, -0.15) is 0 Å². The Morgan fingerprint density at radius 2 is 2.14 bits per heavy atom. The Bertz CT molecular complexity index is 490. The van der Waals surface area contributed by atoms with E-state index in [-0.39, 0.29) is 17.5 Å². The summed E-state index contributed by atoms with van der Waals surface area (Å²) in [5, 5.41) is 20.2. The molecule has 0 spiro atoms. The highest BCUT2D eigenvalue weighted by Gasteiger charge is 2.18. The number of hydrogen-bond donors (Lipinski definition) is 1. The molecular weight excluding hydrogens is 279 g/mol. The topological polar surface area (TPSA) is 75.8 Å². The van der Waals surface area contributed by atoms with E-state index in [9.17, 15) is 19.6 Å². The SMILES string of the molecule is O=[N+]([O-])c1ccc(F)cc1OCCCN1CCC(O)CC1. The van der Waals surface area contributed by atoms with Crippen LogP contribution in [0.4, 0.5) is 10.1 Å². The largest absolute Gasteiger partial charge is 0.487 e. The summed E-state index contributed by atoms with van der Waals surface area (Å²) >= 11 is 0. The molecular formula is C14H19FN2O4. The zero-order valence-electron chi connectivity index (χ0n) is 11.7. The first kappa shape index (κ1) is 15.7. The van der Waals surface area contributed by atoms with Gasteiger partial charge in [0.05, 0.1) is 17.6 Å². The second kappa shape index (κ2) is 7.33. The van der Waals surface area contributed by atoms with E-state index >= 15 is 0 Å². The fraction of sp³-hybridized carbons (Fsp3) is 0.571. The summed E-state index contributed by atoms with van der Waals surface area (Å²) in [6, 6.07) is 3.19. The van der Waals surface area contributed by atoms with Gasteiger partial charge in [0.25, 0.3) is 0 Å². The van der Waals surface area contributed by atoms with E-state index in [0.717, 1.165) is 50.7 Å². The highest BCUT2D eigenvalue weighted by atomic mass is 19.1. The lowest BCUT2D eigenvalue weighted by Crippen LogP contribution is -2.36. The number of ether oxygens (including phenoxy) is 1. The number of piperidine rings is 1. The van der Waals surface area contributed by atoms with Gasteiger partial charge in [-0.1, -0.05) is 0 Å². The number of aliphatic hydroxyl groups excluding tert-OH is 1. The standard InChI is InChI=1S/C14H19FN2O4/c15-11-2-3-13(17(19)20)14(10-11)21-9-1-6-16-7-4-12(18)5-8-16/h2-3,10,12,18H,1,4-9H2. The van der Waals surface area contributed by atoms with Crippen LogP contribution >= 0.6 is 0 Å². The summed E-state index contributed by atoms with van der Waals surface area (Å²) in [5.74, 6) is -0.588. The van der Waals surface area contributed by atoms with Crippen molar-refractivity contribution in [2.24, 2.45) is 0 Å². The molecule has 0 aromatic heterocycles. The molecule has 1 aromatic rings. The summed E-state index contributed by atoms with van der Waals surface area (Å²) in [6.45, 7) is 2.79. The number of benzene rings is 1. The number of hydrogen-bond acceptors (Lipinski definition) is 5. The number of rotatable bonds is 6. The zero-order chi connectivity index (χ0) is 15.2. The van der Waals surface area contributed by atoms with Crippen LogP contribution in [0.1, 0.15) is 19.3 Å². The average molecular weight is 298 g/mol. The molecule has 1 N–H and O–H groups in total. The molecule has 6 nitrogen and oxygen atoms in total. The van der Waals surface area contributed by atoms with E-state index in [1.807, 2.05) is 0 Å². The van der Waals surface area contributed by atoms with E-state index < -0.39 is 10.7 Å². The van der Waals surface area contributed by atoms with Gasteiger partial charge in [-0.25, -0.2) is 4.39 Å². The Balaban J connectivity index is 1.78. The van der Waals surface area contributed by atoms with Gasteiger partial charge in [-0.15, -0.1) is 0 Å². The molecule has 0 radical (unpaired) electrons. The maximum atomic E-state index is 13.1. The van der Waals surface area contributed by atoms with E-state index in [1.54, 1.807) is 0 Å². The van der Waals surface area contributed by atoms with Crippen molar-refractivity contribution in [3.8, 4) is 5.75 Å². The summed E-state index contributed by atoms with van der Waals surface area (Å²) in [6.07, 6.45) is 2.04. The number of nitrogens with zero attached hydrogens (tertiary/aromatic N) is 2. The van der Waals surface area contributed by atoms with E-state index in [1.165, 1.54) is 0 Å². The van der Waals surface area contributed by atoms with Crippen LogP contribution in [-0.4, -0.2) is 47.3 Å². The Kier molecular flexibility index (Phi) is 5.46. The second-order valence-corrected chi connectivity index (χ2v) is 5.14. The first-order chi connectivity index (χ1) is 10.1. The molecule has 21 heavy (non-hydrogen) atoms. The van der Waals surface area contributed by atoms with Crippen LogP contribution in [0.2, 0.25) is 0 Å². The van der Waals surface area contributed by atoms with Gasteiger partial charge in [0.2, 0.25) is 0 Å². The van der Waals surface area contributed by atoms with Gasteiger partial charge in [-0.05, 0) is 25.3 Å². The third-order valence-electron chi connectivity index (χ3n) is 3.55. The summed E-state index contributed by atoms with van der Waals surface area (Å²) in [7, 11) is 0. The van der Waals surface area contributed by atoms with Gasteiger partial charge in [0.1, 0.15) is 5.82 Å². The first-order valence-corrected chi connectivity index (χ1v) is 7.03. The third kappa shape index (κ3) is 4.64. The Labute approximate surface area is 122 Å². The maximum absolute atomic E-state index is 13.1. The second-order valence-electron chi connectivity index (χ2n) is 5.14. The molecule has 1 aliphatic rings. The Morgan fingerprint density at radius 3 is 2.81 bits per heavy atom. The molecule has 7 heteroatoms. The molecule has 1 heterocycles. The molecule has 2 rings (SSSR count). The van der Waals surface area contributed by atoms with Crippen LogP contribution in [0.5, 0.6) is 5.75 Å². The molecule has 1 aromatic carbocycles. The molecule has 0 unspecified atom stereocenters. The van der Waals surface area contributed by atoms with Gasteiger partial charge in [-0.3, -0.25) is 10.1 Å². The van der Waals surface area contributed by atoms with Crippen LogP contribution < -0.4 is 4.74 Å². The average Bonchev–Trinajstić information content (AvgIpc) is 2.45. The van der Waals surface area contributed by atoms with Gasteiger partial charge in [0, 0.05) is 31.8 Å². The smallest absolute Gasteiger partial charge is 0.311 e. The normalized spacial score (nSPS) is 16.9. The summed E-state index contributed by atoms with van der Waals surface area (Å²) in [4.78, 5) is 12.5. The summed E-state index contributed by atoms with van der Waals surface area (Å²) in [5.41, 5.74) is -0.225. The highest BCUT2D eigenvalue weighted by molar-refractivity contribution is 5.46. The third-order valence-corrected chi connectivity index (χ3v) is 3.55. The molecule has 1 saturated heterocycles. The van der Waals surface area contributed by atoms with Crippen LogP contribution in [-0.2, 0) is 0 Å². The number of aliphatic hydroxyl groups is 1. The molecule has 0 atom stereocenters. The monoisotopic (exact) mass is 298 g/mol. The van der Waals surface area contributed by atoms with Crippen molar-refractivity contribution >= 4 is 5.69 Å². The lowest BCUT2D eigenvalue weighted by atomic mass is 10.1. The fourth-order valence-electron chi connectivity index (χ4n) is 2.37. The van der Waals surface area contributed by atoms with Gasteiger partial charge in [0.15, 0.2) is 5.75 Å². The van der Waals surface area contributed by atoms with Crippen LogP contribution in [0.3, 0.4) is 0 Å². The molecule has 1 aliphatic heterocycles. The number of likely N-dealkylation sites (tertiary alicyclic amines) is 1. The molecule has 116 valence electrons. The van der Waals surface area contributed by atoms with Crippen molar-refractivity contribution < 1.29 is 19.2 Å². The van der Waals surface area contributed by atoms with Crippen molar-refractivity contribution in [1.82, 2.24) is 4.90 Å². The molecule has 0 amide bonds. The number of halogens is 1. The highest BCUT2D eigenvalue weighted by Crippen LogP contribution is 2.27. The minimum Gasteiger partial charge on any atom is -0.487 e. The lowest BCUT2D eigenvalue weighted by molar-refractivity contribution is -0.385. The fourth-order valence-corrected chi connectivity index (χ4v) is 2.37. The number of nitro benzene ring substituents is 1. The predicted molar refractivity (Wildman–Crippen MR) is 74.8 cm³/mol. The quantitative estimate of drug-likeness (QED) is 0.493. The molecule has 0 aliphatic carbocycles. The molecule has 0 saturated carbocycles. The molecule has 0 bridgehead atoms. The van der Waals surface area contributed by atoms with E-state index in [2.05, 4.69) is 4.90 Å². The van der Waals surface area contributed by atoms with Crippen molar-refractivity contribution in [2.45, 2.75) is 25.4 Å². The summed E-state index contributed by atoms with van der Waals surface area (Å²) < 4.78 is 18.4. The van der Waals surface area contributed by atoms with E-state index in [4.69, 9.17) is 4.74 Å². The minimum absolute atomic E-state index is 0.0333. The van der Waals surface area contributed by atoms with Crippen molar-refractivity contribution in [3.63, 3.8) is 0 Å². The predicted octanol–water partition coefficient (Wildman–Crippen LogP) is 1.96. The maximum Gasteiger partial charge on any atom is 0.311 e. The van der Waals surface area contributed by atoms with Crippen LogP contribution in [0, 0.1) is 15.9 Å². The minimum atomic E-state index is -0.583. The Morgan fingerprint density at radius 1 is 1.43 bits per heavy atom. The van der Waals surface area contributed by atoms with Gasteiger partial charge >= 0.3 is 5.69 Å². The van der Waals surface area contributed by atoms with E-state index in [0.29, 0.717) is 13.0 Å². The van der Waals surface area contributed by atoms with Crippen LogP contribution in [0.15, 0.2) is 18.2 Å². The number of nitro groups is 1. The van der Waals surface area contributed by atoms with Crippen molar-refractivity contribution in [1.29, 1.82) is 0 Å². The van der Waals surface area contributed by atoms with Crippen LogP contribution in [0.25, 0.3) is 0 Å². The zero-order valence-corrected chi connectivity index (χ0v) is 11.7. The molecule has 1 fully saturated rings. The van der Waals surface area contributed by atoms with Gasteiger partial charge < -0.3 is 14.7 Å². The van der Waals surface area contributed by atoms with Crippen molar-refractivity contribution in [2.75, 3.05) is 26.2 Å². The van der Waals surface area contributed by atoms with Crippen molar-refractivity contribution in [3.05, 3.63) is 34.1 Å². The Hall–Kier alpha value is -1.73. The first-order valence-electron chi connectivity index (χ1n) is 7.03.